The van der Waals surface area contributed by atoms with E-state index in [0.717, 1.165) is 4.73 Å². The Morgan fingerprint density at radius 2 is 1.63 bits per heavy atom. The second-order valence-corrected chi connectivity index (χ2v) is 8.19. The number of halogens is 3. The molecule has 30 heavy (non-hydrogen) atoms. The van der Waals surface area contributed by atoms with Crippen LogP contribution < -0.4 is 0 Å². The number of phenolic OH excluding ortho intramolecular Hbond substituents is 1. The van der Waals surface area contributed by atoms with Gasteiger partial charge in [0.25, 0.3) is 0 Å². The van der Waals surface area contributed by atoms with E-state index >= 15 is 0 Å². The summed E-state index contributed by atoms with van der Waals surface area (Å²) in [7, 11) is 0. The first-order chi connectivity index (χ1) is 14.4. The van der Waals surface area contributed by atoms with E-state index in [-0.39, 0.29) is 27.2 Å². The van der Waals surface area contributed by atoms with Gasteiger partial charge in [-0.1, -0.05) is 58.7 Å². The minimum Gasteiger partial charge on any atom is -0.508 e. The third kappa shape index (κ3) is 3.81. The van der Waals surface area contributed by atoms with Crippen LogP contribution in [-0.4, -0.2) is 36.3 Å². The van der Waals surface area contributed by atoms with Crippen molar-refractivity contribution in [1.29, 1.82) is 0 Å². The quantitative estimate of drug-likeness (QED) is 0.203. The normalized spacial score (nSPS) is 11.1. The number of rotatable bonds is 4. The first-order valence-corrected chi connectivity index (χ1v) is 10.9. The van der Waals surface area contributed by atoms with Crippen molar-refractivity contribution in [3.8, 4) is 39.8 Å². The van der Waals surface area contributed by atoms with Gasteiger partial charge in [-0.2, -0.15) is 4.73 Å². The fraction of sp³-hybridized carbons (Fsp3) is 0.0500. The molecule has 4 rings (SSSR count). The van der Waals surface area contributed by atoms with Crippen molar-refractivity contribution in [3.63, 3.8) is 0 Å². The summed E-state index contributed by atoms with van der Waals surface area (Å²) in [6.45, 7) is 0. The summed E-state index contributed by atoms with van der Waals surface area (Å²) in [6.07, 6.45) is 3.46. The lowest BCUT2D eigenvalue weighted by Crippen LogP contribution is -2.00. The highest BCUT2D eigenvalue weighted by atomic mass is 35.5. The van der Waals surface area contributed by atoms with Crippen molar-refractivity contribution in [1.82, 2.24) is 19.7 Å². The molecule has 0 bridgehead atoms. The van der Waals surface area contributed by atoms with Crippen LogP contribution in [0.15, 0.2) is 53.8 Å². The van der Waals surface area contributed by atoms with Crippen LogP contribution in [0.4, 0.5) is 0 Å². The Kier molecular flexibility index (Phi) is 5.79. The topological polar surface area (TPSA) is 84.1 Å². The van der Waals surface area contributed by atoms with Crippen molar-refractivity contribution in [2.45, 2.75) is 5.16 Å². The molecule has 152 valence electrons. The van der Waals surface area contributed by atoms with Gasteiger partial charge in [0, 0.05) is 16.8 Å². The molecule has 0 amide bonds. The first-order valence-electron chi connectivity index (χ1n) is 8.52. The smallest absolute Gasteiger partial charge is 0.187 e. The Morgan fingerprint density at radius 3 is 2.27 bits per heavy atom. The van der Waals surface area contributed by atoms with E-state index in [1.807, 2.05) is 6.26 Å². The monoisotopic (exact) mass is 478 g/mol. The summed E-state index contributed by atoms with van der Waals surface area (Å²) in [5.74, 6) is 0.0117. The summed E-state index contributed by atoms with van der Waals surface area (Å²) < 4.78 is 0.889. The first kappa shape index (κ1) is 20.8. The average Bonchev–Trinajstić information content (AvgIpc) is 3.05. The third-order valence-corrected chi connectivity index (χ3v) is 5.69. The molecule has 10 heteroatoms. The fourth-order valence-electron chi connectivity index (χ4n) is 2.96. The molecule has 2 aromatic heterocycles. The van der Waals surface area contributed by atoms with Crippen LogP contribution in [0.1, 0.15) is 0 Å². The van der Waals surface area contributed by atoms with Gasteiger partial charge in [0.1, 0.15) is 17.1 Å². The molecule has 0 saturated carbocycles. The van der Waals surface area contributed by atoms with E-state index < -0.39 is 0 Å². The number of hydrogen-bond donors (Lipinski definition) is 2. The molecule has 0 aliphatic rings. The number of thioether (sulfide) groups is 1. The van der Waals surface area contributed by atoms with Gasteiger partial charge in [0.2, 0.25) is 0 Å². The van der Waals surface area contributed by atoms with Crippen LogP contribution in [0.5, 0.6) is 5.75 Å². The molecule has 2 heterocycles. The van der Waals surface area contributed by atoms with Gasteiger partial charge in [-0.3, -0.25) is 0 Å². The predicted octanol–water partition coefficient (Wildman–Crippen LogP) is 6.30. The molecule has 0 aliphatic carbocycles. The number of phenols is 1. The molecule has 0 aliphatic heterocycles. The van der Waals surface area contributed by atoms with E-state index in [1.165, 1.54) is 23.9 Å². The summed E-state index contributed by atoms with van der Waals surface area (Å²) >= 11 is 20.0. The summed E-state index contributed by atoms with van der Waals surface area (Å²) in [4.78, 5) is 13.3. The summed E-state index contributed by atoms with van der Waals surface area (Å²) in [5, 5.41) is 22.2. The van der Waals surface area contributed by atoms with Crippen molar-refractivity contribution >= 4 is 46.6 Å². The molecule has 2 aromatic carbocycles. The maximum absolute atomic E-state index is 11.1. The van der Waals surface area contributed by atoms with E-state index in [4.69, 9.17) is 34.8 Å². The second-order valence-electron chi connectivity index (χ2n) is 6.16. The van der Waals surface area contributed by atoms with Gasteiger partial charge in [-0.25, -0.2) is 15.0 Å². The average molecular weight is 480 g/mol. The SMILES string of the molecule is CSc1nccc(-c2c(-c3ccc(Cl)cc3)nc(-c3c(Cl)cc(O)cc3Cl)n2O)n1. The molecule has 0 fully saturated rings. The maximum atomic E-state index is 11.1. The van der Waals surface area contributed by atoms with E-state index in [1.54, 1.807) is 36.5 Å². The van der Waals surface area contributed by atoms with E-state index in [2.05, 4.69) is 15.0 Å². The van der Waals surface area contributed by atoms with Crippen molar-refractivity contribution in [3.05, 3.63) is 63.7 Å². The van der Waals surface area contributed by atoms with Gasteiger partial charge < -0.3 is 10.3 Å². The fourth-order valence-corrected chi connectivity index (χ4v) is 4.08. The lowest BCUT2D eigenvalue weighted by molar-refractivity contribution is 0.195. The zero-order valence-corrected chi connectivity index (χ0v) is 18.4. The largest absolute Gasteiger partial charge is 0.508 e. The van der Waals surface area contributed by atoms with Gasteiger partial charge in [-0.15, -0.1) is 0 Å². The number of hydrogen-bond acceptors (Lipinski definition) is 6. The van der Waals surface area contributed by atoms with Crippen molar-refractivity contribution in [2.75, 3.05) is 6.26 Å². The van der Waals surface area contributed by atoms with Gasteiger partial charge >= 0.3 is 0 Å². The van der Waals surface area contributed by atoms with Crippen LogP contribution in [0.25, 0.3) is 34.0 Å². The highest BCUT2D eigenvalue weighted by molar-refractivity contribution is 7.98. The van der Waals surface area contributed by atoms with Crippen molar-refractivity contribution in [2.24, 2.45) is 0 Å². The molecule has 0 radical (unpaired) electrons. The molecule has 0 unspecified atom stereocenters. The molecule has 2 N–H and O–H groups in total. The number of imidazole rings is 1. The molecular formula is C20H13Cl3N4O2S. The third-order valence-electron chi connectivity index (χ3n) is 4.28. The van der Waals surface area contributed by atoms with Crippen LogP contribution >= 0.6 is 46.6 Å². The highest BCUT2D eigenvalue weighted by Crippen LogP contribution is 2.41. The molecule has 4 aromatic rings. The minimum atomic E-state index is -0.0941. The number of nitrogens with zero attached hydrogens (tertiary/aromatic N) is 4. The van der Waals surface area contributed by atoms with Crippen molar-refractivity contribution < 1.29 is 10.3 Å². The second kappa shape index (κ2) is 8.35. The lowest BCUT2D eigenvalue weighted by Gasteiger charge is -2.09. The van der Waals surface area contributed by atoms with Gasteiger partial charge in [-0.05, 0) is 36.6 Å². The zero-order chi connectivity index (χ0) is 21.4. The van der Waals surface area contributed by atoms with Crippen LogP contribution in [-0.2, 0) is 0 Å². The lowest BCUT2D eigenvalue weighted by atomic mass is 10.1. The number of benzene rings is 2. The zero-order valence-electron chi connectivity index (χ0n) is 15.3. The predicted molar refractivity (Wildman–Crippen MR) is 120 cm³/mol. The van der Waals surface area contributed by atoms with E-state index in [0.29, 0.717) is 32.8 Å². The molecule has 0 spiro atoms. The Bertz CT molecular complexity index is 1220. The Balaban J connectivity index is 2.02. The van der Waals surface area contributed by atoms with Crippen LogP contribution in [0.2, 0.25) is 15.1 Å². The Hall–Kier alpha value is -2.45. The van der Waals surface area contributed by atoms with E-state index in [9.17, 15) is 10.3 Å². The molecular weight excluding hydrogens is 467 g/mol. The van der Waals surface area contributed by atoms with Gasteiger partial charge in [0.15, 0.2) is 11.0 Å². The summed E-state index contributed by atoms with van der Waals surface area (Å²) in [6, 6.07) is 11.4. The van der Waals surface area contributed by atoms with Crippen LogP contribution in [0.3, 0.4) is 0 Å². The molecule has 6 nitrogen and oxygen atoms in total. The standard InChI is InChI=1S/C20H13Cl3N4O2S/c1-30-20-24-7-6-15(25-20)18-17(10-2-4-11(21)5-3-10)26-19(27(18)29)16-13(22)8-12(28)9-14(16)23/h2-9,28-29H,1H3. The molecule has 0 atom stereocenters. The summed E-state index contributed by atoms with van der Waals surface area (Å²) in [5.41, 5.74) is 2.24. The highest BCUT2D eigenvalue weighted by Gasteiger charge is 2.25. The number of aromatic nitrogens is 4. The van der Waals surface area contributed by atoms with Crippen LogP contribution in [0, 0.1) is 0 Å². The minimum absolute atomic E-state index is 0.0941. The Morgan fingerprint density at radius 1 is 0.967 bits per heavy atom. The number of aromatic hydroxyl groups is 1. The maximum Gasteiger partial charge on any atom is 0.187 e. The Labute approximate surface area is 191 Å². The van der Waals surface area contributed by atoms with Gasteiger partial charge in [0.05, 0.1) is 21.3 Å². The molecule has 0 saturated heterocycles.